The van der Waals surface area contributed by atoms with Gasteiger partial charge in [-0.1, -0.05) is 6.07 Å². The molecule has 0 atom stereocenters. The number of ether oxygens (including phenoxy) is 2. The van der Waals surface area contributed by atoms with E-state index in [2.05, 4.69) is 4.72 Å². The van der Waals surface area contributed by atoms with Crippen LogP contribution < -0.4 is 19.1 Å². The maximum absolute atomic E-state index is 12.5. The summed E-state index contributed by atoms with van der Waals surface area (Å²) in [7, 11) is 1.10. The van der Waals surface area contributed by atoms with Gasteiger partial charge in [0.05, 0.1) is 26.4 Å². The fourth-order valence-electron chi connectivity index (χ4n) is 2.94. The van der Waals surface area contributed by atoms with Crippen LogP contribution in [0.2, 0.25) is 0 Å². The zero-order valence-corrected chi connectivity index (χ0v) is 15.6. The van der Waals surface area contributed by atoms with Crippen molar-refractivity contribution in [1.82, 2.24) is 0 Å². The molecule has 0 aromatic heterocycles. The van der Waals surface area contributed by atoms with Gasteiger partial charge in [-0.15, -0.1) is 0 Å². The molecule has 3 rings (SSSR count). The molecule has 1 aliphatic heterocycles. The summed E-state index contributed by atoms with van der Waals surface area (Å²) >= 11 is 0. The number of nitrogens with zero attached hydrogens (tertiary/aromatic N) is 1. The SMILES string of the molecule is COc1ccc(CS(=O)(=O)Nc2ccc3c(c2)CC(=O)N3C)cc1OC. The van der Waals surface area contributed by atoms with E-state index >= 15 is 0 Å². The van der Waals surface area contributed by atoms with Crippen molar-refractivity contribution < 1.29 is 22.7 Å². The zero-order valence-electron chi connectivity index (χ0n) is 14.8. The van der Waals surface area contributed by atoms with Crippen LogP contribution in [0.4, 0.5) is 11.4 Å². The quantitative estimate of drug-likeness (QED) is 0.835. The number of carbonyl (C=O) groups excluding carboxylic acids is 1. The Kier molecular flexibility index (Phi) is 4.78. The van der Waals surface area contributed by atoms with Gasteiger partial charge in [0.25, 0.3) is 0 Å². The molecular weight excluding hydrogens is 356 g/mol. The van der Waals surface area contributed by atoms with Crippen molar-refractivity contribution in [3.63, 3.8) is 0 Å². The molecule has 0 bridgehead atoms. The van der Waals surface area contributed by atoms with E-state index in [-0.39, 0.29) is 18.1 Å². The molecule has 0 unspecified atom stereocenters. The van der Waals surface area contributed by atoms with Gasteiger partial charge in [-0.05, 0) is 41.5 Å². The molecule has 1 amide bonds. The van der Waals surface area contributed by atoms with Gasteiger partial charge in [0, 0.05) is 18.4 Å². The molecule has 0 saturated carbocycles. The fraction of sp³-hybridized carbons (Fsp3) is 0.278. The van der Waals surface area contributed by atoms with Crippen LogP contribution in [-0.2, 0) is 27.0 Å². The molecule has 7 nitrogen and oxygen atoms in total. The maximum Gasteiger partial charge on any atom is 0.236 e. The molecule has 2 aromatic rings. The minimum Gasteiger partial charge on any atom is -0.493 e. The van der Waals surface area contributed by atoms with Crippen LogP contribution in [0.3, 0.4) is 0 Å². The van der Waals surface area contributed by atoms with E-state index in [0.29, 0.717) is 22.7 Å². The Morgan fingerprint density at radius 1 is 1.08 bits per heavy atom. The van der Waals surface area contributed by atoms with Crippen LogP contribution in [0, 0.1) is 0 Å². The lowest BCUT2D eigenvalue weighted by Gasteiger charge is -2.13. The standard InChI is InChI=1S/C18H20N2O5S/c1-20-15-6-5-14(9-13(15)10-18(20)21)19-26(22,23)11-12-4-7-16(24-2)17(8-12)25-3/h4-9,19H,10-11H2,1-3H3. The predicted molar refractivity (Wildman–Crippen MR) is 99.3 cm³/mol. The van der Waals surface area contributed by atoms with E-state index in [9.17, 15) is 13.2 Å². The lowest BCUT2D eigenvalue weighted by atomic mass is 10.1. The lowest BCUT2D eigenvalue weighted by molar-refractivity contribution is -0.117. The number of rotatable bonds is 6. The molecular formula is C18H20N2O5S. The van der Waals surface area contributed by atoms with Crippen LogP contribution >= 0.6 is 0 Å². The first kappa shape index (κ1) is 18.1. The molecule has 0 aliphatic carbocycles. The minimum absolute atomic E-state index is 0.00895. The molecule has 8 heteroatoms. The number of likely N-dealkylation sites (N-methyl/N-ethyl adjacent to an activating group) is 1. The van der Waals surface area contributed by atoms with E-state index in [0.717, 1.165) is 11.3 Å². The number of hydrogen-bond acceptors (Lipinski definition) is 5. The minimum atomic E-state index is -3.62. The topological polar surface area (TPSA) is 84.9 Å². The highest BCUT2D eigenvalue weighted by molar-refractivity contribution is 7.91. The van der Waals surface area contributed by atoms with Gasteiger partial charge in [-0.2, -0.15) is 0 Å². The number of amides is 1. The van der Waals surface area contributed by atoms with Crippen molar-refractivity contribution in [2.45, 2.75) is 12.2 Å². The Labute approximate surface area is 152 Å². The molecule has 0 spiro atoms. The van der Waals surface area contributed by atoms with Crippen LogP contribution in [0.25, 0.3) is 0 Å². The van der Waals surface area contributed by atoms with Crippen molar-refractivity contribution >= 4 is 27.3 Å². The summed E-state index contributed by atoms with van der Waals surface area (Å²) in [6.45, 7) is 0. The molecule has 1 N–H and O–H groups in total. The number of sulfonamides is 1. The number of hydrogen-bond donors (Lipinski definition) is 1. The van der Waals surface area contributed by atoms with Crippen LogP contribution in [0.1, 0.15) is 11.1 Å². The largest absolute Gasteiger partial charge is 0.493 e. The van der Waals surface area contributed by atoms with E-state index in [4.69, 9.17) is 9.47 Å². The molecule has 0 radical (unpaired) electrons. The monoisotopic (exact) mass is 376 g/mol. The molecule has 26 heavy (non-hydrogen) atoms. The molecule has 0 fully saturated rings. The first-order valence-electron chi connectivity index (χ1n) is 7.94. The Morgan fingerprint density at radius 2 is 1.81 bits per heavy atom. The summed E-state index contributed by atoms with van der Waals surface area (Å²) in [4.78, 5) is 13.3. The second kappa shape index (κ2) is 6.87. The second-order valence-electron chi connectivity index (χ2n) is 6.02. The third-order valence-corrected chi connectivity index (χ3v) is 5.49. The number of anilines is 2. The third kappa shape index (κ3) is 3.60. The molecule has 138 valence electrons. The van der Waals surface area contributed by atoms with Crippen molar-refractivity contribution in [3.05, 3.63) is 47.5 Å². The van der Waals surface area contributed by atoms with Gasteiger partial charge in [0.2, 0.25) is 15.9 Å². The molecule has 1 aliphatic rings. The summed E-state index contributed by atoms with van der Waals surface area (Å²) in [6.07, 6.45) is 0.275. The van der Waals surface area contributed by atoms with E-state index in [1.807, 2.05) is 0 Å². The number of carbonyl (C=O) groups is 1. The van der Waals surface area contributed by atoms with Gasteiger partial charge in [-0.25, -0.2) is 8.42 Å². The average Bonchev–Trinajstić information content (AvgIpc) is 2.87. The number of fused-ring (bicyclic) bond motifs is 1. The Morgan fingerprint density at radius 3 is 2.50 bits per heavy atom. The second-order valence-corrected chi connectivity index (χ2v) is 7.75. The van der Waals surface area contributed by atoms with Gasteiger partial charge < -0.3 is 14.4 Å². The summed E-state index contributed by atoms with van der Waals surface area (Å²) in [5.74, 6) is 0.794. The smallest absolute Gasteiger partial charge is 0.236 e. The highest BCUT2D eigenvalue weighted by Crippen LogP contribution is 2.31. The van der Waals surface area contributed by atoms with Gasteiger partial charge in [0.15, 0.2) is 11.5 Å². The van der Waals surface area contributed by atoms with Gasteiger partial charge >= 0.3 is 0 Å². The predicted octanol–water partition coefficient (Wildman–Crippen LogP) is 2.16. The van der Waals surface area contributed by atoms with E-state index in [1.165, 1.54) is 14.2 Å². The van der Waals surface area contributed by atoms with E-state index < -0.39 is 10.0 Å². The van der Waals surface area contributed by atoms with Crippen LogP contribution in [-0.4, -0.2) is 35.6 Å². The van der Waals surface area contributed by atoms with Crippen molar-refractivity contribution in [2.24, 2.45) is 0 Å². The third-order valence-electron chi connectivity index (χ3n) is 4.23. The maximum atomic E-state index is 12.5. The van der Waals surface area contributed by atoms with E-state index in [1.54, 1.807) is 48.3 Å². The normalized spacial score (nSPS) is 13.5. The average molecular weight is 376 g/mol. The Balaban J connectivity index is 1.78. The highest BCUT2D eigenvalue weighted by Gasteiger charge is 2.24. The highest BCUT2D eigenvalue weighted by atomic mass is 32.2. The van der Waals surface area contributed by atoms with Crippen molar-refractivity contribution in [2.75, 3.05) is 30.9 Å². The Hall–Kier alpha value is -2.74. The first-order chi connectivity index (χ1) is 12.3. The molecule has 1 heterocycles. The first-order valence-corrected chi connectivity index (χ1v) is 9.59. The number of nitrogens with one attached hydrogen (secondary N) is 1. The summed E-state index contributed by atoms with van der Waals surface area (Å²) in [6, 6.07) is 10.1. The summed E-state index contributed by atoms with van der Waals surface area (Å²) in [5.41, 5.74) is 2.63. The number of methoxy groups -OCH3 is 2. The van der Waals surface area contributed by atoms with Gasteiger partial charge in [-0.3, -0.25) is 9.52 Å². The molecule has 2 aromatic carbocycles. The lowest BCUT2D eigenvalue weighted by Crippen LogP contribution is -2.20. The van der Waals surface area contributed by atoms with Crippen LogP contribution in [0.15, 0.2) is 36.4 Å². The summed E-state index contributed by atoms with van der Waals surface area (Å²) in [5, 5.41) is 0. The van der Waals surface area contributed by atoms with Crippen LogP contribution in [0.5, 0.6) is 11.5 Å². The fourth-order valence-corrected chi connectivity index (χ4v) is 4.12. The number of benzene rings is 2. The van der Waals surface area contributed by atoms with Crippen molar-refractivity contribution in [3.8, 4) is 11.5 Å². The molecule has 0 saturated heterocycles. The van der Waals surface area contributed by atoms with Gasteiger partial charge in [0.1, 0.15) is 0 Å². The van der Waals surface area contributed by atoms with Crippen molar-refractivity contribution in [1.29, 1.82) is 0 Å². The Bertz CT molecular complexity index is 956. The summed E-state index contributed by atoms with van der Waals surface area (Å²) < 4.78 is 37.9. The zero-order chi connectivity index (χ0) is 18.9.